The van der Waals surface area contributed by atoms with Crippen LogP contribution in [0.5, 0.6) is 0 Å². The van der Waals surface area contributed by atoms with Crippen LogP contribution < -0.4 is 10.9 Å². The molecule has 0 saturated carbocycles. The summed E-state index contributed by atoms with van der Waals surface area (Å²) >= 11 is 6.28. The van der Waals surface area contributed by atoms with Crippen LogP contribution in [0.1, 0.15) is 29.2 Å². The number of amides is 1. The molecule has 1 heterocycles. The Morgan fingerprint density at radius 3 is 2.42 bits per heavy atom. The van der Waals surface area contributed by atoms with Crippen LogP contribution >= 0.6 is 11.6 Å². The number of carbonyl (C=O) groups is 2. The molecule has 3 N–H and O–H groups in total. The summed E-state index contributed by atoms with van der Waals surface area (Å²) in [7, 11) is 0. The first-order valence-electron chi connectivity index (χ1n) is 10.2. The first-order chi connectivity index (χ1) is 15.9. The van der Waals surface area contributed by atoms with Crippen molar-refractivity contribution in [3.63, 3.8) is 0 Å². The summed E-state index contributed by atoms with van der Waals surface area (Å²) in [4.78, 5) is 36.4. The van der Waals surface area contributed by atoms with E-state index in [1.165, 1.54) is 0 Å². The summed E-state index contributed by atoms with van der Waals surface area (Å²) in [6.07, 6.45) is 0.172. The van der Waals surface area contributed by atoms with Crippen molar-refractivity contribution >= 4 is 39.9 Å². The zero-order chi connectivity index (χ0) is 23.4. The van der Waals surface area contributed by atoms with E-state index >= 15 is 0 Å². The van der Waals surface area contributed by atoms with Crippen molar-refractivity contribution in [3.05, 3.63) is 105 Å². The van der Waals surface area contributed by atoms with E-state index in [0.717, 1.165) is 10.9 Å². The zero-order valence-corrected chi connectivity index (χ0v) is 18.2. The molecule has 0 spiro atoms. The molecule has 0 aliphatic carbocycles. The van der Waals surface area contributed by atoms with Crippen molar-refractivity contribution in [2.75, 3.05) is 5.32 Å². The number of carbonyl (C=O) groups excluding carboxylic acids is 1. The Kier molecular flexibility index (Phi) is 6.51. The molecule has 0 aliphatic rings. The minimum atomic E-state index is -1.08. The molecule has 1 amide bonds. The SMILES string of the molecule is O=C(CC(C(=O)O)c1ccccc1)Nc1cc(Cc2n[nH]c(=O)c3ccccc23)ccc1Cl. The topological polar surface area (TPSA) is 112 Å². The maximum absolute atomic E-state index is 12.6. The van der Waals surface area contributed by atoms with E-state index in [-0.39, 0.29) is 12.0 Å². The fourth-order valence-corrected chi connectivity index (χ4v) is 3.86. The number of halogens is 1. The normalized spacial score (nSPS) is 11.8. The maximum Gasteiger partial charge on any atom is 0.311 e. The highest BCUT2D eigenvalue weighted by Gasteiger charge is 2.23. The summed E-state index contributed by atoms with van der Waals surface area (Å²) in [5.41, 5.74) is 2.17. The van der Waals surface area contributed by atoms with E-state index in [1.54, 1.807) is 54.6 Å². The number of aromatic nitrogens is 2. The molecule has 33 heavy (non-hydrogen) atoms. The minimum absolute atomic E-state index is 0.230. The number of fused-ring (bicyclic) bond motifs is 1. The molecule has 1 atom stereocenters. The zero-order valence-electron chi connectivity index (χ0n) is 17.4. The van der Waals surface area contributed by atoms with Gasteiger partial charge in [0.25, 0.3) is 5.56 Å². The molecule has 4 rings (SSSR count). The van der Waals surface area contributed by atoms with E-state index < -0.39 is 17.8 Å². The van der Waals surface area contributed by atoms with Gasteiger partial charge in [0, 0.05) is 18.2 Å². The maximum atomic E-state index is 12.6. The van der Waals surface area contributed by atoms with Crippen molar-refractivity contribution in [1.82, 2.24) is 10.2 Å². The second-order valence-corrected chi connectivity index (χ2v) is 8.00. The van der Waals surface area contributed by atoms with Crippen molar-refractivity contribution < 1.29 is 14.7 Å². The summed E-state index contributed by atoms with van der Waals surface area (Å²) in [5, 5.41) is 20.6. The smallest absolute Gasteiger partial charge is 0.311 e. The van der Waals surface area contributed by atoms with Crippen molar-refractivity contribution in [2.24, 2.45) is 0 Å². The summed E-state index contributed by atoms with van der Waals surface area (Å²) in [6, 6.07) is 21.0. The molecule has 4 aromatic rings. The Hall–Kier alpha value is -3.97. The van der Waals surface area contributed by atoms with Crippen LogP contribution in [0.4, 0.5) is 5.69 Å². The highest BCUT2D eigenvalue weighted by molar-refractivity contribution is 6.33. The summed E-state index contributed by atoms with van der Waals surface area (Å²) in [5.74, 6) is -2.50. The van der Waals surface area contributed by atoms with Gasteiger partial charge in [0.2, 0.25) is 5.91 Å². The molecule has 3 aromatic carbocycles. The number of H-pyrrole nitrogens is 1. The van der Waals surface area contributed by atoms with Crippen LogP contribution in [-0.4, -0.2) is 27.2 Å². The van der Waals surface area contributed by atoms with Crippen LogP contribution in [-0.2, 0) is 16.0 Å². The number of hydrogen-bond donors (Lipinski definition) is 3. The van der Waals surface area contributed by atoms with Gasteiger partial charge in [-0.2, -0.15) is 5.10 Å². The lowest BCUT2D eigenvalue weighted by Crippen LogP contribution is -2.21. The number of anilines is 1. The van der Waals surface area contributed by atoms with Gasteiger partial charge in [-0.25, -0.2) is 5.10 Å². The standard InChI is InChI=1S/C25H20ClN3O4/c26-20-11-10-15(12-21-17-8-4-5-9-18(17)24(31)29-28-21)13-22(20)27-23(30)14-19(25(32)33)16-6-2-1-3-7-16/h1-11,13,19H,12,14H2,(H,27,30)(H,29,31)(H,32,33). The third kappa shape index (κ3) is 5.10. The number of aromatic amines is 1. The van der Waals surface area contributed by atoms with Crippen LogP contribution in [0.3, 0.4) is 0 Å². The average Bonchev–Trinajstić information content (AvgIpc) is 2.82. The molecule has 0 bridgehead atoms. The van der Waals surface area contributed by atoms with Crippen LogP contribution in [0.2, 0.25) is 5.02 Å². The fraction of sp³-hybridized carbons (Fsp3) is 0.120. The Labute approximate surface area is 194 Å². The molecule has 0 radical (unpaired) electrons. The first-order valence-corrected chi connectivity index (χ1v) is 10.6. The van der Waals surface area contributed by atoms with Gasteiger partial charge in [-0.05, 0) is 29.3 Å². The van der Waals surface area contributed by atoms with Crippen molar-refractivity contribution in [1.29, 1.82) is 0 Å². The molecular formula is C25H20ClN3O4. The van der Waals surface area contributed by atoms with Gasteiger partial charge in [0.1, 0.15) is 0 Å². The Bertz CT molecular complexity index is 1390. The average molecular weight is 462 g/mol. The lowest BCUT2D eigenvalue weighted by molar-refractivity contribution is -0.140. The van der Waals surface area contributed by atoms with Gasteiger partial charge < -0.3 is 10.4 Å². The molecule has 1 aromatic heterocycles. The number of nitrogens with zero attached hydrogens (tertiary/aromatic N) is 1. The van der Waals surface area contributed by atoms with Gasteiger partial charge in [0.15, 0.2) is 0 Å². The van der Waals surface area contributed by atoms with Crippen LogP contribution in [0.15, 0.2) is 77.6 Å². The van der Waals surface area contributed by atoms with E-state index in [4.69, 9.17) is 11.6 Å². The lowest BCUT2D eigenvalue weighted by Gasteiger charge is -2.14. The number of benzene rings is 3. The molecule has 0 fully saturated rings. The summed E-state index contributed by atoms with van der Waals surface area (Å²) in [6.45, 7) is 0. The Balaban J connectivity index is 1.54. The highest BCUT2D eigenvalue weighted by Crippen LogP contribution is 2.27. The van der Waals surface area contributed by atoms with Crippen LogP contribution in [0, 0.1) is 0 Å². The molecule has 166 valence electrons. The van der Waals surface area contributed by atoms with Gasteiger partial charge in [-0.3, -0.25) is 14.4 Å². The predicted octanol–water partition coefficient (Wildman–Crippen LogP) is 4.36. The fourth-order valence-electron chi connectivity index (χ4n) is 3.70. The van der Waals surface area contributed by atoms with E-state index in [0.29, 0.717) is 33.8 Å². The van der Waals surface area contributed by atoms with E-state index in [2.05, 4.69) is 15.5 Å². The quantitative estimate of drug-likeness (QED) is 0.378. The molecule has 0 saturated heterocycles. The molecular weight excluding hydrogens is 442 g/mol. The van der Waals surface area contributed by atoms with Gasteiger partial charge in [0.05, 0.1) is 27.7 Å². The third-order valence-electron chi connectivity index (χ3n) is 5.34. The first kappa shape index (κ1) is 22.2. The van der Waals surface area contributed by atoms with Gasteiger partial charge in [-0.15, -0.1) is 0 Å². The van der Waals surface area contributed by atoms with Crippen molar-refractivity contribution in [2.45, 2.75) is 18.8 Å². The van der Waals surface area contributed by atoms with Gasteiger partial charge in [-0.1, -0.05) is 66.2 Å². The molecule has 1 unspecified atom stereocenters. The monoisotopic (exact) mass is 461 g/mol. The number of hydrogen-bond acceptors (Lipinski definition) is 4. The highest BCUT2D eigenvalue weighted by atomic mass is 35.5. The van der Waals surface area contributed by atoms with Crippen LogP contribution in [0.25, 0.3) is 10.8 Å². The molecule has 8 heteroatoms. The Morgan fingerprint density at radius 2 is 1.70 bits per heavy atom. The number of nitrogens with one attached hydrogen (secondary N) is 2. The molecule has 7 nitrogen and oxygen atoms in total. The number of aliphatic carboxylic acids is 1. The van der Waals surface area contributed by atoms with Gasteiger partial charge >= 0.3 is 5.97 Å². The predicted molar refractivity (Wildman–Crippen MR) is 127 cm³/mol. The Morgan fingerprint density at radius 1 is 1.00 bits per heavy atom. The molecule has 0 aliphatic heterocycles. The largest absolute Gasteiger partial charge is 0.481 e. The number of carboxylic acid groups (broad SMARTS) is 1. The van der Waals surface area contributed by atoms with Crippen molar-refractivity contribution in [3.8, 4) is 0 Å². The minimum Gasteiger partial charge on any atom is -0.481 e. The number of carboxylic acids is 1. The number of rotatable bonds is 7. The third-order valence-corrected chi connectivity index (χ3v) is 5.67. The summed E-state index contributed by atoms with van der Waals surface area (Å²) < 4.78 is 0. The van der Waals surface area contributed by atoms with E-state index in [9.17, 15) is 19.5 Å². The lowest BCUT2D eigenvalue weighted by atomic mass is 9.95. The van der Waals surface area contributed by atoms with E-state index in [1.807, 2.05) is 18.2 Å². The second kappa shape index (κ2) is 9.67. The second-order valence-electron chi connectivity index (χ2n) is 7.59.